The van der Waals surface area contributed by atoms with Gasteiger partial charge in [0.2, 0.25) is 0 Å². The van der Waals surface area contributed by atoms with E-state index in [1.807, 2.05) is 217 Å². The van der Waals surface area contributed by atoms with E-state index in [4.69, 9.17) is 30.3 Å². The van der Waals surface area contributed by atoms with Crippen LogP contribution >= 0.6 is 0 Å². The molecule has 0 aliphatic heterocycles. The van der Waals surface area contributed by atoms with E-state index in [2.05, 4.69) is 354 Å². The Morgan fingerprint density at radius 2 is 0.579 bits per heavy atom. The number of aromatic nitrogens is 5. The van der Waals surface area contributed by atoms with Crippen molar-refractivity contribution in [2.45, 2.75) is 83.6 Å². The van der Waals surface area contributed by atoms with Gasteiger partial charge in [-0.05, 0) is 244 Å². The number of para-hydroxylation sites is 4. The molecular formula is C125H109Al5N5O8Si2. The summed E-state index contributed by atoms with van der Waals surface area (Å²) in [5, 5.41) is 19.2. The average Bonchev–Trinajstić information content (AvgIpc) is 0.840. The molecule has 0 atom stereocenters. The Morgan fingerprint density at radius 3 is 1.12 bits per heavy atom. The van der Waals surface area contributed by atoms with Crippen LogP contribution in [0.5, 0.6) is 46.0 Å². The molecule has 0 fully saturated rings. The van der Waals surface area contributed by atoms with Gasteiger partial charge >= 0.3 is 80.9 Å². The highest BCUT2D eigenvalue weighted by molar-refractivity contribution is 6.96. The predicted octanol–water partition coefficient (Wildman–Crippen LogP) is 25.5. The molecule has 0 saturated heterocycles. The highest BCUT2D eigenvalue weighted by Gasteiger charge is 2.24. The maximum atomic E-state index is 5.97. The summed E-state index contributed by atoms with van der Waals surface area (Å²) in [7, 11) is -1.91. The van der Waals surface area contributed by atoms with Crippen molar-refractivity contribution in [2.75, 3.05) is 0 Å². The van der Waals surface area contributed by atoms with Gasteiger partial charge in [-0.25, -0.2) is 24.9 Å². The zero-order valence-electron chi connectivity index (χ0n) is 82.5. The molecule has 20 heteroatoms. The Balaban J connectivity index is 0.000000129. The lowest BCUT2D eigenvalue weighted by atomic mass is 10.1. The van der Waals surface area contributed by atoms with E-state index in [-0.39, 0.29) is 7.43 Å². The Kier molecular flexibility index (Phi) is 38.0. The number of pyridine rings is 5. The summed E-state index contributed by atoms with van der Waals surface area (Å²) in [6.45, 7) is 22.6. The van der Waals surface area contributed by atoms with Gasteiger partial charge in [0.25, 0.3) is 0 Å². The van der Waals surface area contributed by atoms with E-state index >= 15 is 0 Å². The van der Waals surface area contributed by atoms with Crippen molar-refractivity contribution < 1.29 is 30.3 Å². The minimum Gasteiger partial charge on any atom is -0.652 e. The van der Waals surface area contributed by atoms with Crippen LogP contribution in [0.25, 0.3) is 87.2 Å². The Morgan fingerprint density at radius 1 is 0.207 bits per heavy atom. The van der Waals surface area contributed by atoms with Crippen molar-refractivity contribution in [2.24, 2.45) is 0 Å². The zero-order chi connectivity index (χ0) is 100. The predicted molar refractivity (Wildman–Crippen MR) is 609 cm³/mol. The number of hydrogen-bond donors (Lipinski definition) is 0. The molecular weight excluding hydrogens is 1890 g/mol. The highest BCUT2D eigenvalue weighted by atomic mass is 28.3. The quantitative estimate of drug-likeness (QED) is 0.0499. The third kappa shape index (κ3) is 28.3. The smallest absolute Gasteiger partial charge is 0.652 e. The fourth-order valence-corrected chi connectivity index (χ4v) is 24.6. The zero-order valence-corrected chi connectivity index (χ0v) is 90.2. The van der Waals surface area contributed by atoms with Crippen LogP contribution in [0, 0.1) is 76.2 Å². The first kappa shape index (κ1) is 105. The highest BCUT2D eigenvalue weighted by Crippen LogP contribution is 2.33. The van der Waals surface area contributed by atoms with Gasteiger partial charge in [0.05, 0.1) is 17.2 Å². The largest absolute Gasteiger partial charge is 0.881 e. The van der Waals surface area contributed by atoms with E-state index in [0.717, 1.165) is 145 Å². The first-order valence-corrected chi connectivity index (χ1v) is 54.4. The van der Waals surface area contributed by atoms with Crippen molar-refractivity contribution in [3.63, 3.8) is 0 Å². The Bertz CT molecular complexity index is 7920. The van der Waals surface area contributed by atoms with Crippen LogP contribution in [0.2, 0.25) is 0 Å². The molecule has 9 radical (unpaired) electrons. The summed E-state index contributed by atoms with van der Waals surface area (Å²) >= 11 is 2.52. The fourth-order valence-electron chi connectivity index (χ4n) is 16.8. The molecule has 13 nitrogen and oxygen atoms in total. The third-order valence-electron chi connectivity index (χ3n) is 24.2. The summed E-state index contributed by atoms with van der Waals surface area (Å²) in [5.74, 6) is 6.45. The molecule has 0 aliphatic rings. The van der Waals surface area contributed by atoms with Gasteiger partial charge in [0.15, 0.2) is 17.6 Å². The van der Waals surface area contributed by atoms with Crippen LogP contribution < -0.4 is 61.4 Å². The monoisotopic (exact) mass is 2000 g/mol. The fraction of sp³-hybridized carbons (Fsp3) is 0.0960. The van der Waals surface area contributed by atoms with Gasteiger partial charge in [0, 0.05) is 55.4 Å². The van der Waals surface area contributed by atoms with Gasteiger partial charge in [-0.3, -0.25) is 0 Å². The molecule has 5 heterocycles. The molecule has 0 spiro atoms. The van der Waals surface area contributed by atoms with Gasteiger partial charge in [-0.2, -0.15) is 0 Å². The van der Waals surface area contributed by atoms with Crippen LogP contribution in [0.15, 0.2) is 437 Å². The summed E-state index contributed by atoms with van der Waals surface area (Å²) in [6.07, 6.45) is 0. The summed E-state index contributed by atoms with van der Waals surface area (Å²) in [5.41, 5.74) is 19.3. The van der Waals surface area contributed by atoms with Crippen LogP contribution in [-0.4, -0.2) is 123 Å². The lowest BCUT2D eigenvalue weighted by molar-refractivity contribution is 0.459. The number of rotatable bonds is 21. The molecule has 22 aromatic rings. The first-order chi connectivity index (χ1) is 70.3. The van der Waals surface area contributed by atoms with E-state index in [9.17, 15) is 0 Å². The molecule has 0 amide bonds. The number of benzene rings is 17. The van der Waals surface area contributed by atoms with Gasteiger partial charge < -0.3 is 30.3 Å². The third-order valence-corrected chi connectivity index (χ3v) is 32.6. The second-order valence-corrected chi connectivity index (χ2v) is 42.1. The van der Waals surface area contributed by atoms with E-state index in [0.29, 0.717) is 0 Å². The van der Waals surface area contributed by atoms with Gasteiger partial charge in [0.1, 0.15) is 56.3 Å². The first-order valence-electron chi connectivity index (χ1n) is 47.6. The normalized spacial score (nSPS) is 10.6. The lowest BCUT2D eigenvalue weighted by Crippen LogP contribution is -2.53. The van der Waals surface area contributed by atoms with Crippen LogP contribution in [0.1, 0.15) is 69.3 Å². The second kappa shape index (κ2) is 52.4. The molecule has 0 unspecified atom stereocenters. The molecule has 22 rings (SSSR count). The number of hydrogen-bond acceptors (Lipinski definition) is 13. The Hall–Kier alpha value is -14.2. The number of nitrogens with zero attached hydrogens (tertiary/aromatic N) is 5. The minimum absolute atomic E-state index is 0. The summed E-state index contributed by atoms with van der Waals surface area (Å²) in [6, 6.07) is 151. The molecule has 145 heavy (non-hydrogen) atoms. The van der Waals surface area contributed by atoms with Crippen LogP contribution in [-0.2, 0) is 0 Å². The molecule has 0 N–H and O–H groups in total. The second-order valence-electron chi connectivity index (χ2n) is 34.7. The number of fused-ring (bicyclic) bond motifs is 7. The maximum absolute atomic E-state index is 5.97. The van der Waals surface area contributed by atoms with E-state index in [1.54, 1.807) is 0 Å². The molecule has 0 saturated carbocycles. The summed E-state index contributed by atoms with van der Waals surface area (Å²) < 4.78 is 45.6. The van der Waals surface area contributed by atoms with Gasteiger partial charge in [-0.1, -0.05) is 374 Å². The standard InChI is InChI=1S/C22H17Si.C20H19Si.C12H10O.3C11H11NO.2C10H9NO.C10H8O.C7H8O.CH4.5Al/c1-3-11-20(12-4-1)23(21-13-5-2-6-14-21)22-16-15-18-9-7-8-10-19(18)17-22;1-16-10-6-8-14-19(16)21(18-12-4-3-5-13-18)20-15-9-7-11-17(20)2;13-12-8-6-11(7-9-12)10-4-2-1-3-5-10;1-7-3-6-10(13)11-9(7)5-4-8(2)12-11;1-7-5-9-4-3-8(2)12-11(9)10(13)6-7;1-7-6-8(2)12-11-9(7)4-3-5-10(11)13;2*1-7-5-6-8-3-2-4-9(12)10(8)11-7;11-10-6-5-8-3-1-2-4-9(8)7-10;1-6-4-2-3-5-7(6)8;;;;;;/h1-17H;3-15H,1-2H3;1-9,13H;3*3-6,13H,1-2H3;2*2-6,12H,1H3;1-7,11H;2-5,8H,1H3;1H4;;;;;/q;;;;;;;;;;;2*+1;3*+2/p-8. The lowest BCUT2D eigenvalue weighted by Gasteiger charge is -2.20. The minimum atomic E-state index is -0.968. The topological polar surface area (TPSA) is 138 Å². The molecule has 0 aliphatic carbocycles. The SMILES string of the molecule is C.Cc1cc(C)c2cccc([O][Al][O]c3ccc(-c4ccccc4)cc3)c2n1.Cc1cc([O][Al][O]c2ccc3ccccc3c2)c2nc(C)ccc2c1.Cc1ccc2c(C)ccc([O][Al][O]c3ccccc3C)c2n1.Cc1ccc2cccc([O][Al])c2n1.Cc1ccc2cccc([O][Al])c2n1.Cc1ccccc1[Si](c1ccccc1)c1ccccc1C.c1ccc([Si](c2ccccc2)c2ccc3ccccc3c2)cc1. The number of aryl methyl sites for hydroxylation is 11. The molecule has 17 aromatic carbocycles. The van der Waals surface area contributed by atoms with Crippen molar-refractivity contribution in [1.29, 1.82) is 0 Å². The van der Waals surface area contributed by atoms with E-state index in [1.165, 1.54) is 80.7 Å². The van der Waals surface area contributed by atoms with Crippen LogP contribution in [0.3, 0.4) is 0 Å². The molecule has 0 bridgehead atoms. The van der Waals surface area contributed by atoms with Crippen molar-refractivity contribution >= 4 is 206 Å². The average molecular weight is 2000 g/mol. The summed E-state index contributed by atoms with van der Waals surface area (Å²) in [4.78, 5) is 22.7. The maximum Gasteiger partial charge on any atom is 0.881 e. The van der Waals surface area contributed by atoms with Gasteiger partial charge in [-0.15, -0.1) is 0 Å². The molecule has 705 valence electrons. The van der Waals surface area contributed by atoms with Crippen molar-refractivity contribution in [3.8, 4) is 57.1 Å². The Labute approximate surface area is 892 Å². The van der Waals surface area contributed by atoms with Crippen molar-refractivity contribution in [1.82, 2.24) is 24.9 Å². The van der Waals surface area contributed by atoms with Crippen molar-refractivity contribution in [3.05, 3.63) is 499 Å². The molecule has 5 aromatic heterocycles. The van der Waals surface area contributed by atoms with Crippen LogP contribution in [0.4, 0.5) is 0 Å². The van der Waals surface area contributed by atoms with E-state index < -0.39 is 65.3 Å².